The third-order valence-electron chi connectivity index (χ3n) is 3.14. The van der Waals surface area contributed by atoms with E-state index in [1.807, 2.05) is 6.07 Å². The molecule has 2 N–H and O–H groups in total. The molecule has 7 heteroatoms. The smallest absolute Gasteiger partial charge is 0.214 e. The maximum absolute atomic E-state index is 11.8. The van der Waals surface area contributed by atoms with Crippen LogP contribution >= 0.6 is 11.6 Å². The van der Waals surface area contributed by atoms with Crippen molar-refractivity contribution in [3.63, 3.8) is 0 Å². The molecule has 2 rings (SSSR count). The molecule has 0 bridgehead atoms. The van der Waals surface area contributed by atoms with Gasteiger partial charge < -0.3 is 14.6 Å². The fourth-order valence-electron chi connectivity index (χ4n) is 2.26. The summed E-state index contributed by atoms with van der Waals surface area (Å²) >= 11 is 6.10. The number of ether oxygens (including phenoxy) is 2. The predicted molar refractivity (Wildman–Crippen MR) is 75.2 cm³/mol. The molecule has 0 spiro atoms. The lowest BCUT2D eigenvalue weighted by atomic mass is 9.96. The Labute approximate surface area is 127 Å². The first-order chi connectivity index (χ1) is 9.99. The number of benzene rings is 1. The van der Waals surface area contributed by atoms with Crippen molar-refractivity contribution in [3.05, 3.63) is 27.8 Å². The fourth-order valence-corrected chi connectivity index (χ4v) is 2.52. The zero-order chi connectivity index (χ0) is 15.6. The van der Waals surface area contributed by atoms with Gasteiger partial charge in [0, 0.05) is 12.1 Å². The van der Waals surface area contributed by atoms with Crippen molar-refractivity contribution in [2.75, 3.05) is 13.2 Å². The first-order valence-corrected chi connectivity index (χ1v) is 6.84. The van der Waals surface area contributed by atoms with Crippen molar-refractivity contribution in [2.24, 2.45) is 0 Å². The van der Waals surface area contributed by atoms with Crippen molar-refractivity contribution in [1.29, 1.82) is 5.26 Å². The van der Waals surface area contributed by atoms with Gasteiger partial charge in [-0.2, -0.15) is 5.26 Å². The molecule has 0 aliphatic carbocycles. The van der Waals surface area contributed by atoms with Gasteiger partial charge in [0.2, 0.25) is 6.41 Å². The number of ketones is 1. The number of rotatable bonds is 4. The van der Waals surface area contributed by atoms with Crippen molar-refractivity contribution < 1.29 is 19.4 Å². The van der Waals surface area contributed by atoms with Crippen molar-refractivity contribution in [2.45, 2.75) is 26.4 Å². The van der Waals surface area contributed by atoms with Gasteiger partial charge in [-0.05, 0) is 19.9 Å². The molecule has 1 fully saturated rings. The molecule has 1 saturated heterocycles. The Bertz CT molecular complexity index is 612. The molecule has 0 radical (unpaired) electrons. The quantitative estimate of drug-likeness (QED) is 0.823. The molecule has 1 aliphatic heterocycles. The highest BCUT2D eigenvalue weighted by Crippen LogP contribution is 2.39. The second kappa shape index (κ2) is 6.41. The monoisotopic (exact) mass is 310 g/mol. The number of carbonyl (C=O) groups is 1. The molecule has 112 valence electrons. The molecule has 1 aromatic rings. The molecular formula is C14H15ClN2O4. The highest BCUT2D eigenvalue weighted by molar-refractivity contribution is 6.32. The van der Waals surface area contributed by atoms with E-state index in [1.54, 1.807) is 6.92 Å². The van der Waals surface area contributed by atoms with Gasteiger partial charge in [-0.3, -0.25) is 10.1 Å². The summed E-state index contributed by atoms with van der Waals surface area (Å²) in [5, 5.41) is 21.6. The van der Waals surface area contributed by atoms with Crippen LogP contribution in [0.2, 0.25) is 5.02 Å². The Morgan fingerprint density at radius 2 is 2.43 bits per heavy atom. The standard InChI is InChI=1S/C14H15ClN2O4/c1-3-20-13-8(7(2)18)4-10(15)9(5-16)12(13)11-6-17-14(19)21-11/h4,11,14,17,19H,3,6H2,1-2H3. The molecule has 1 aromatic carbocycles. The lowest BCUT2D eigenvalue weighted by Gasteiger charge is -2.20. The molecule has 1 heterocycles. The van der Waals surface area contributed by atoms with Crippen LogP contribution in [0.1, 0.15) is 41.4 Å². The molecule has 2 unspecified atom stereocenters. The summed E-state index contributed by atoms with van der Waals surface area (Å²) in [6.45, 7) is 3.78. The molecular weight excluding hydrogens is 296 g/mol. The molecule has 0 saturated carbocycles. The van der Waals surface area contributed by atoms with Crippen LogP contribution in [0.3, 0.4) is 0 Å². The number of nitriles is 1. The number of hydrogen-bond donors (Lipinski definition) is 2. The third kappa shape index (κ3) is 3.01. The summed E-state index contributed by atoms with van der Waals surface area (Å²) in [5.74, 6) is 0.0597. The van der Waals surface area contributed by atoms with E-state index in [0.29, 0.717) is 17.7 Å². The lowest BCUT2D eigenvalue weighted by Crippen LogP contribution is -2.20. The molecule has 1 aliphatic rings. The van der Waals surface area contributed by atoms with Gasteiger partial charge in [0.25, 0.3) is 0 Å². The van der Waals surface area contributed by atoms with Gasteiger partial charge >= 0.3 is 0 Å². The molecule has 2 atom stereocenters. The lowest BCUT2D eigenvalue weighted by molar-refractivity contribution is -0.101. The van der Waals surface area contributed by atoms with Crippen LogP contribution in [0, 0.1) is 11.3 Å². The van der Waals surface area contributed by atoms with Crippen molar-refractivity contribution >= 4 is 17.4 Å². The number of hydrogen-bond acceptors (Lipinski definition) is 6. The highest BCUT2D eigenvalue weighted by atomic mass is 35.5. The molecule has 6 nitrogen and oxygen atoms in total. The van der Waals surface area contributed by atoms with Crippen LogP contribution in [-0.4, -0.2) is 30.5 Å². The summed E-state index contributed by atoms with van der Waals surface area (Å²) in [7, 11) is 0. The number of nitrogens with zero attached hydrogens (tertiary/aromatic N) is 1. The number of aliphatic hydroxyl groups excluding tert-OH is 1. The third-order valence-corrected chi connectivity index (χ3v) is 3.44. The van der Waals surface area contributed by atoms with Crippen LogP contribution in [0.15, 0.2) is 6.07 Å². The maximum Gasteiger partial charge on any atom is 0.214 e. The SMILES string of the molecule is CCOc1c(C(C)=O)cc(Cl)c(C#N)c1C1CNC(O)O1. The van der Waals surface area contributed by atoms with Crippen molar-refractivity contribution in [1.82, 2.24) is 5.32 Å². The van der Waals surface area contributed by atoms with Crippen LogP contribution in [0.5, 0.6) is 5.75 Å². The molecule has 0 amide bonds. The number of aliphatic hydroxyl groups is 1. The first kappa shape index (κ1) is 15.7. The van der Waals surface area contributed by atoms with E-state index in [0.717, 1.165) is 0 Å². The van der Waals surface area contributed by atoms with Crippen LogP contribution in [0.25, 0.3) is 0 Å². The second-order valence-electron chi connectivity index (χ2n) is 4.51. The van der Waals surface area contributed by atoms with Crippen LogP contribution in [-0.2, 0) is 4.74 Å². The summed E-state index contributed by atoms with van der Waals surface area (Å²) in [6, 6.07) is 3.43. The van der Waals surface area contributed by atoms with E-state index >= 15 is 0 Å². The van der Waals surface area contributed by atoms with E-state index in [4.69, 9.17) is 21.1 Å². The first-order valence-electron chi connectivity index (χ1n) is 6.46. The summed E-state index contributed by atoms with van der Waals surface area (Å²) < 4.78 is 10.9. The Hall–Kier alpha value is -1.65. The maximum atomic E-state index is 11.8. The van der Waals surface area contributed by atoms with Gasteiger partial charge in [0.05, 0.1) is 22.8 Å². The Morgan fingerprint density at radius 3 is 2.90 bits per heavy atom. The van der Waals surface area contributed by atoms with E-state index < -0.39 is 12.5 Å². The van der Waals surface area contributed by atoms with Gasteiger partial charge in [0.15, 0.2) is 5.78 Å². The van der Waals surface area contributed by atoms with E-state index in [1.165, 1.54) is 13.0 Å². The average molecular weight is 311 g/mol. The van der Waals surface area contributed by atoms with Gasteiger partial charge in [0.1, 0.15) is 17.9 Å². The van der Waals surface area contributed by atoms with E-state index in [2.05, 4.69) is 5.32 Å². The summed E-state index contributed by atoms with van der Waals surface area (Å²) in [4.78, 5) is 11.8. The van der Waals surface area contributed by atoms with E-state index in [9.17, 15) is 15.2 Å². The van der Waals surface area contributed by atoms with Gasteiger partial charge in [-0.15, -0.1) is 0 Å². The topological polar surface area (TPSA) is 91.6 Å². The normalized spacial score (nSPS) is 21.1. The number of Topliss-reactive ketones (excluding diaryl/α,β-unsaturated/α-hetero) is 1. The highest BCUT2D eigenvalue weighted by Gasteiger charge is 2.32. The average Bonchev–Trinajstić information content (AvgIpc) is 2.86. The second-order valence-corrected chi connectivity index (χ2v) is 4.92. The Balaban J connectivity index is 2.68. The van der Waals surface area contributed by atoms with Crippen molar-refractivity contribution in [3.8, 4) is 11.8 Å². The largest absolute Gasteiger partial charge is 0.493 e. The van der Waals surface area contributed by atoms with Gasteiger partial charge in [-0.25, -0.2) is 0 Å². The van der Waals surface area contributed by atoms with Crippen LogP contribution in [0.4, 0.5) is 0 Å². The van der Waals surface area contributed by atoms with E-state index in [-0.39, 0.29) is 28.7 Å². The number of nitrogens with one attached hydrogen (secondary N) is 1. The summed E-state index contributed by atoms with van der Waals surface area (Å²) in [5.41, 5.74) is 0.868. The minimum atomic E-state index is -1.13. The van der Waals surface area contributed by atoms with Gasteiger partial charge in [-0.1, -0.05) is 11.6 Å². The molecule has 0 aromatic heterocycles. The summed E-state index contributed by atoms with van der Waals surface area (Å²) in [6.07, 6.45) is -1.75. The zero-order valence-corrected chi connectivity index (χ0v) is 12.4. The minimum Gasteiger partial charge on any atom is -0.493 e. The number of halogens is 1. The minimum absolute atomic E-state index is 0.158. The zero-order valence-electron chi connectivity index (χ0n) is 11.6. The number of carbonyl (C=O) groups excluding carboxylic acids is 1. The Kier molecular flexibility index (Phi) is 4.80. The fraction of sp³-hybridized carbons (Fsp3) is 0.429. The Morgan fingerprint density at radius 1 is 1.71 bits per heavy atom. The predicted octanol–water partition coefficient (Wildman–Crippen LogP) is 1.75. The van der Waals surface area contributed by atoms with Crippen LogP contribution < -0.4 is 10.1 Å². The molecule has 21 heavy (non-hydrogen) atoms.